The highest BCUT2D eigenvalue weighted by Gasteiger charge is 2.29. The first kappa shape index (κ1) is 15.4. The van der Waals surface area contributed by atoms with Crippen LogP contribution in [-0.4, -0.2) is 6.54 Å². The summed E-state index contributed by atoms with van der Waals surface area (Å²) in [7, 11) is 0. The normalized spacial score (nSPS) is 10.9. The minimum Gasteiger partial charge on any atom is -0.488 e. The van der Waals surface area contributed by atoms with Crippen molar-refractivity contribution in [2.75, 3.05) is 6.54 Å². The van der Waals surface area contributed by atoms with Crippen LogP contribution < -0.4 is 10.5 Å². The number of benzene rings is 1. The Kier molecular flexibility index (Phi) is 4.89. The average molecular weight is 311 g/mol. The summed E-state index contributed by atoms with van der Waals surface area (Å²) in [4.78, 5) is 1.82. The van der Waals surface area contributed by atoms with Gasteiger partial charge in [-0.2, -0.15) is 13.2 Å². The molecule has 0 aliphatic carbocycles. The van der Waals surface area contributed by atoms with Crippen LogP contribution in [0, 0.1) is 11.8 Å². The molecule has 0 atom stereocenters. The lowest BCUT2D eigenvalue weighted by atomic mass is 10.2. The van der Waals surface area contributed by atoms with E-state index in [9.17, 15) is 13.2 Å². The van der Waals surface area contributed by atoms with Crippen LogP contribution in [0.2, 0.25) is 0 Å². The number of nitrogens with two attached hydrogens (primary N) is 1. The van der Waals surface area contributed by atoms with Gasteiger partial charge in [-0.1, -0.05) is 11.8 Å². The first-order valence-electron chi connectivity index (χ1n) is 6.07. The minimum atomic E-state index is -4.33. The van der Waals surface area contributed by atoms with E-state index in [1.165, 1.54) is 23.5 Å². The molecule has 2 rings (SSSR count). The van der Waals surface area contributed by atoms with Gasteiger partial charge in [-0.05, 0) is 36.4 Å². The Morgan fingerprint density at radius 2 is 1.81 bits per heavy atom. The van der Waals surface area contributed by atoms with Crippen LogP contribution in [0.25, 0.3) is 0 Å². The van der Waals surface area contributed by atoms with E-state index in [2.05, 4.69) is 11.8 Å². The molecule has 0 fully saturated rings. The van der Waals surface area contributed by atoms with Crippen LogP contribution in [0.1, 0.15) is 15.3 Å². The van der Waals surface area contributed by atoms with Gasteiger partial charge in [0.05, 0.1) is 17.0 Å². The van der Waals surface area contributed by atoms with Crippen LogP contribution in [0.3, 0.4) is 0 Å². The molecule has 6 heteroatoms. The molecule has 0 aliphatic heterocycles. The maximum atomic E-state index is 12.4. The highest BCUT2D eigenvalue weighted by Crippen LogP contribution is 2.30. The maximum Gasteiger partial charge on any atom is 0.416 e. The Hall–Kier alpha value is -1.97. The van der Waals surface area contributed by atoms with Crippen molar-refractivity contribution in [2.45, 2.75) is 12.8 Å². The van der Waals surface area contributed by atoms with Gasteiger partial charge in [-0.25, -0.2) is 0 Å². The third-order valence-corrected chi connectivity index (χ3v) is 3.51. The lowest BCUT2D eigenvalue weighted by molar-refractivity contribution is -0.137. The molecule has 0 saturated heterocycles. The molecule has 21 heavy (non-hydrogen) atoms. The van der Waals surface area contributed by atoms with Crippen LogP contribution in [0.15, 0.2) is 36.4 Å². The van der Waals surface area contributed by atoms with Crippen LogP contribution in [0.4, 0.5) is 13.2 Å². The molecule has 0 radical (unpaired) electrons. The van der Waals surface area contributed by atoms with Gasteiger partial charge >= 0.3 is 6.18 Å². The number of alkyl halides is 3. The number of hydrogen-bond donors (Lipinski definition) is 1. The largest absolute Gasteiger partial charge is 0.488 e. The molecule has 0 aliphatic rings. The van der Waals surface area contributed by atoms with Crippen molar-refractivity contribution in [1.29, 1.82) is 0 Å². The molecule has 2 N–H and O–H groups in total. The molecule has 1 aromatic carbocycles. The topological polar surface area (TPSA) is 35.2 Å². The number of thiophene rings is 1. The zero-order valence-electron chi connectivity index (χ0n) is 10.9. The van der Waals surface area contributed by atoms with E-state index in [4.69, 9.17) is 10.5 Å². The summed E-state index contributed by atoms with van der Waals surface area (Å²) >= 11 is 1.47. The molecule has 0 saturated carbocycles. The standard InChI is InChI=1S/C15H12F3NOS/c16-15(17,18)11-3-5-12(6-4-11)20-10-14-8-7-13(21-14)2-1-9-19/h3-8H,9-10,19H2. The maximum absolute atomic E-state index is 12.4. The fourth-order valence-corrected chi connectivity index (χ4v) is 2.35. The lowest BCUT2D eigenvalue weighted by Gasteiger charge is -2.08. The first-order chi connectivity index (χ1) is 9.99. The smallest absolute Gasteiger partial charge is 0.416 e. The molecular weight excluding hydrogens is 299 g/mol. The van der Waals surface area contributed by atoms with Crippen molar-refractivity contribution < 1.29 is 17.9 Å². The third-order valence-electron chi connectivity index (χ3n) is 2.54. The zero-order chi connectivity index (χ0) is 15.3. The van der Waals surface area contributed by atoms with Gasteiger partial charge in [0, 0.05) is 4.88 Å². The molecule has 1 heterocycles. The molecule has 0 unspecified atom stereocenters. The van der Waals surface area contributed by atoms with Crippen LogP contribution >= 0.6 is 11.3 Å². The lowest BCUT2D eigenvalue weighted by Crippen LogP contribution is -2.04. The van der Waals surface area contributed by atoms with E-state index >= 15 is 0 Å². The molecule has 0 spiro atoms. The van der Waals surface area contributed by atoms with Gasteiger partial charge in [0.15, 0.2) is 0 Å². The fourth-order valence-electron chi connectivity index (χ4n) is 1.56. The van der Waals surface area contributed by atoms with Crippen molar-refractivity contribution in [2.24, 2.45) is 5.73 Å². The Bertz CT molecular complexity index is 650. The molecule has 2 aromatic rings. The van der Waals surface area contributed by atoms with Gasteiger partial charge in [-0.15, -0.1) is 11.3 Å². The highest BCUT2D eigenvalue weighted by atomic mass is 32.1. The average Bonchev–Trinajstić information content (AvgIpc) is 2.90. The summed E-state index contributed by atoms with van der Waals surface area (Å²) in [5.41, 5.74) is 4.60. The third kappa shape index (κ3) is 4.52. The van der Waals surface area contributed by atoms with E-state index < -0.39 is 11.7 Å². The second-order valence-electron chi connectivity index (χ2n) is 4.08. The molecule has 0 amide bonds. The van der Waals surface area contributed by atoms with Gasteiger partial charge in [0.1, 0.15) is 12.4 Å². The van der Waals surface area contributed by atoms with Crippen LogP contribution in [0.5, 0.6) is 5.75 Å². The Balaban J connectivity index is 1.95. The van der Waals surface area contributed by atoms with E-state index in [1.807, 2.05) is 12.1 Å². The van der Waals surface area contributed by atoms with Crippen LogP contribution in [-0.2, 0) is 12.8 Å². The van der Waals surface area contributed by atoms with Gasteiger partial charge in [0.2, 0.25) is 0 Å². The van der Waals surface area contributed by atoms with Crippen molar-refractivity contribution in [3.05, 3.63) is 51.7 Å². The Morgan fingerprint density at radius 3 is 2.43 bits per heavy atom. The fraction of sp³-hybridized carbons (Fsp3) is 0.200. The molecular formula is C15H12F3NOS. The molecule has 1 aromatic heterocycles. The summed E-state index contributed by atoms with van der Waals surface area (Å²) < 4.78 is 42.7. The molecule has 0 bridgehead atoms. The number of ether oxygens (including phenoxy) is 1. The van der Waals surface area contributed by atoms with E-state index in [1.54, 1.807) is 0 Å². The summed E-state index contributed by atoms with van der Waals surface area (Å²) in [6.07, 6.45) is -4.33. The van der Waals surface area contributed by atoms with Gasteiger partial charge in [-0.3, -0.25) is 0 Å². The van der Waals surface area contributed by atoms with Crippen molar-refractivity contribution in [3.63, 3.8) is 0 Å². The van der Waals surface area contributed by atoms with E-state index in [0.29, 0.717) is 18.9 Å². The summed E-state index contributed by atoms with van der Waals surface area (Å²) in [6, 6.07) is 8.36. The minimum absolute atomic E-state index is 0.292. The number of hydrogen-bond acceptors (Lipinski definition) is 3. The number of halogens is 3. The Labute approximate surface area is 124 Å². The van der Waals surface area contributed by atoms with E-state index in [-0.39, 0.29) is 0 Å². The molecule has 110 valence electrons. The number of rotatable bonds is 3. The summed E-state index contributed by atoms with van der Waals surface area (Å²) in [5, 5.41) is 0. The van der Waals surface area contributed by atoms with Crippen molar-refractivity contribution in [1.82, 2.24) is 0 Å². The SMILES string of the molecule is NCC#Cc1ccc(COc2ccc(C(F)(F)F)cc2)s1. The summed E-state index contributed by atoms with van der Waals surface area (Å²) in [5.74, 6) is 6.06. The van der Waals surface area contributed by atoms with E-state index in [0.717, 1.165) is 21.9 Å². The monoisotopic (exact) mass is 311 g/mol. The quantitative estimate of drug-likeness (QED) is 0.878. The first-order valence-corrected chi connectivity index (χ1v) is 6.88. The second kappa shape index (κ2) is 6.66. The highest BCUT2D eigenvalue weighted by molar-refractivity contribution is 7.12. The molecule has 2 nitrogen and oxygen atoms in total. The van der Waals surface area contributed by atoms with Gasteiger partial charge < -0.3 is 10.5 Å². The predicted octanol–water partition coefficient (Wildman–Crippen LogP) is 3.66. The predicted molar refractivity (Wildman–Crippen MR) is 76.0 cm³/mol. The Morgan fingerprint density at radius 1 is 1.10 bits per heavy atom. The second-order valence-corrected chi connectivity index (χ2v) is 5.25. The van der Waals surface area contributed by atoms with Gasteiger partial charge in [0.25, 0.3) is 0 Å². The van der Waals surface area contributed by atoms with Crippen molar-refractivity contribution in [3.8, 4) is 17.6 Å². The van der Waals surface area contributed by atoms with Crippen molar-refractivity contribution >= 4 is 11.3 Å². The zero-order valence-corrected chi connectivity index (χ0v) is 11.7. The summed E-state index contributed by atoms with van der Waals surface area (Å²) in [6.45, 7) is 0.593.